The molecule has 1 aliphatic rings. The van der Waals surface area contributed by atoms with E-state index in [0.29, 0.717) is 24.9 Å². The van der Waals surface area contributed by atoms with Crippen molar-refractivity contribution in [3.05, 3.63) is 0 Å². The summed E-state index contributed by atoms with van der Waals surface area (Å²) in [5, 5.41) is 0. The quantitative estimate of drug-likeness (QED) is 0.772. The number of ether oxygens (including phenoxy) is 3. The summed E-state index contributed by atoms with van der Waals surface area (Å²) in [5.41, 5.74) is -0.328. The van der Waals surface area contributed by atoms with Crippen molar-refractivity contribution in [1.29, 1.82) is 0 Å². The first kappa shape index (κ1) is 15.1. The van der Waals surface area contributed by atoms with Crippen molar-refractivity contribution >= 4 is 17.5 Å². The van der Waals surface area contributed by atoms with Crippen molar-refractivity contribution in [2.45, 2.75) is 25.6 Å². The molecule has 0 bridgehead atoms. The maximum absolute atomic E-state index is 5.92. The highest BCUT2D eigenvalue weighted by Crippen LogP contribution is 2.26. The van der Waals surface area contributed by atoms with E-state index in [-0.39, 0.29) is 23.7 Å². The summed E-state index contributed by atoms with van der Waals surface area (Å²) in [4.78, 5) is 14.5. The summed E-state index contributed by atoms with van der Waals surface area (Å²) in [6.07, 6.45) is -0.0748. The third kappa shape index (κ3) is 3.40. The molecule has 0 aliphatic carbocycles. The normalized spacial score (nSPS) is 21.6. The largest absolute Gasteiger partial charge is 0.467 e. The van der Waals surface area contributed by atoms with Gasteiger partial charge in [-0.05, 0) is 13.8 Å². The van der Waals surface area contributed by atoms with Gasteiger partial charge in [0.2, 0.25) is 5.95 Å². The number of morpholine rings is 1. The maximum atomic E-state index is 5.92. The molecule has 0 radical (unpaired) electrons. The van der Waals surface area contributed by atoms with Crippen molar-refractivity contribution in [3.63, 3.8) is 0 Å². The molecule has 2 heterocycles. The van der Waals surface area contributed by atoms with E-state index < -0.39 is 0 Å². The lowest BCUT2D eigenvalue weighted by Crippen LogP contribution is -2.54. The molecule has 0 amide bonds. The molecule has 1 aromatic heterocycles. The molecule has 8 heteroatoms. The molecule has 1 aromatic rings. The third-order valence-electron chi connectivity index (χ3n) is 2.88. The SMILES string of the molecule is COc1nc(OC)nc(N2CC(CCl)OC(C)(C)C2)n1. The molecule has 0 spiro atoms. The second-order valence-electron chi connectivity index (χ2n) is 5.14. The number of nitrogens with zero attached hydrogens (tertiary/aromatic N) is 4. The smallest absolute Gasteiger partial charge is 0.324 e. The first-order valence-corrected chi connectivity index (χ1v) is 6.83. The van der Waals surface area contributed by atoms with Gasteiger partial charge in [0, 0.05) is 13.1 Å². The van der Waals surface area contributed by atoms with E-state index in [9.17, 15) is 0 Å². The minimum absolute atomic E-state index is 0.0748. The molecule has 0 aromatic carbocycles. The van der Waals surface area contributed by atoms with Crippen LogP contribution in [-0.4, -0.2) is 59.8 Å². The highest BCUT2D eigenvalue weighted by molar-refractivity contribution is 6.18. The first-order chi connectivity index (χ1) is 9.47. The summed E-state index contributed by atoms with van der Waals surface area (Å²) in [5.74, 6) is 0.916. The predicted molar refractivity (Wildman–Crippen MR) is 74.8 cm³/mol. The fourth-order valence-electron chi connectivity index (χ4n) is 2.18. The molecule has 1 saturated heterocycles. The van der Waals surface area contributed by atoms with Gasteiger partial charge < -0.3 is 19.1 Å². The molecular formula is C12H19ClN4O3. The van der Waals surface area contributed by atoms with Crippen LogP contribution in [0.25, 0.3) is 0 Å². The fraction of sp³-hybridized carbons (Fsp3) is 0.750. The molecule has 0 saturated carbocycles. The molecule has 2 rings (SSSR count). The number of halogens is 1. The Labute approximate surface area is 123 Å². The molecular weight excluding hydrogens is 284 g/mol. The molecule has 1 unspecified atom stereocenters. The Bertz CT molecular complexity index is 450. The number of hydrogen-bond donors (Lipinski definition) is 0. The zero-order valence-corrected chi connectivity index (χ0v) is 12.8. The predicted octanol–water partition coefficient (Wildman–Crippen LogP) is 1.11. The van der Waals surface area contributed by atoms with Crippen LogP contribution in [0.3, 0.4) is 0 Å². The van der Waals surface area contributed by atoms with Crippen LogP contribution < -0.4 is 14.4 Å². The van der Waals surface area contributed by atoms with Gasteiger partial charge in [0.1, 0.15) is 0 Å². The standard InChI is InChI=1S/C12H19ClN4O3/c1-12(2)7-17(6-8(5-13)20-12)9-14-10(18-3)16-11(15-9)19-4/h8H,5-7H2,1-4H3. The Balaban J connectivity index is 2.29. The lowest BCUT2D eigenvalue weighted by atomic mass is 10.1. The monoisotopic (exact) mass is 302 g/mol. The van der Waals surface area contributed by atoms with Crippen molar-refractivity contribution in [1.82, 2.24) is 15.0 Å². The summed E-state index contributed by atoms with van der Waals surface area (Å²) in [6, 6.07) is 0.442. The van der Waals surface area contributed by atoms with E-state index in [4.69, 9.17) is 25.8 Å². The Morgan fingerprint density at radius 1 is 1.25 bits per heavy atom. The zero-order valence-electron chi connectivity index (χ0n) is 12.1. The van der Waals surface area contributed by atoms with Gasteiger partial charge in [0.25, 0.3) is 0 Å². The molecule has 1 fully saturated rings. The second kappa shape index (κ2) is 5.97. The lowest BCUT2D eigenvalue weighted by Gasteiger charge is -2.42. The van der Waals surface area contributed by atoms with Crippen LogP contribution in [0.2, 0.25) is 0 Å². The van der Waals surface area contributed by atoms with E-state index in [1.807, 2.05) is 18.7 Å². The summed E-state index contributed by atoms with van der Waals surface area (Å²) < 4.78 is 16.0. The molecule has 0 N–H and O–H groups in total. The lowest BCUT2D eigenvalue weighted by molar-refractivity contribution is -0.0739. The Morgan fingerprint density at radius 2 is 1.85 bits per heavy atom. The summed E-state index contributed by atoms with van der Waals surface area (Å²) >= 11 is 5.92. The van der Waals surface area contributed by atoms with Gasteiger partial charge in [0.05, 0.1) is 31.8 Å². The van der Waals surface area contributed by atoms with E-state index in [1.54, 1.807) is 0 Å². The molecule has 1 aliphatic heterocycles. The van der Waals surface area contributed by atoms with Crippen LogP contribution in [0, 0.1) is 0 Å². The van der Waals surface area contributed by atoms with Gasteiger partial charge in [-0.3, -0.25) is 0 Å². The Morgan fingerprint density at radius 3 is 2.35 bits per heavy atom. The highest BCUT2D eigenvalue weighted by atomic mass is 35.5. The van der Waals surface area contributed by atoms with Crippen LogP contribution in [0.15, 0.2) is 0 Å². The van der Waals surface area contributed by atoms with Gasteiger partial charge in [-0.1, -0.05) is 0 Å². The number of aromatic nitrogens is 3. The van der Waals surface area contributed by atoms with Crippen LogP contribution in [-0.2, 0) is 4.74 Å². The third-order valence-corrected chi connectivity index (χ3v) is 3.23. The number of alkyl halides is 1. The average Bonchev–Trinajstić information content (AvgIpc) is 2.44. The highest BCUT2D eigenvalue weighted by Gasteiger charge is 2.34. The zero-order chi connectivity index (χ0) is 14.8. The molecule has 20 heavy (non-hydrogen) atoms. The first-order valence-electron chi connectivity index (χ1n) is 6.30. The number of anilines is 1. The van der Waals surface area contributed by atoms with Gasteiger partial charge in [-0.15, -0.1) is 16.6 Å². The van der Waals surface area contributed by atoms with Gasteiger partial charge in [-0.25, -0.2) is 0 Å². The van der Waals surface area contributed by atoms with E-state index >= 15 is 0 Å². The van der Waals surface area contributed by atoms with Gasteiger partial charge >= 0.3 is 12.0 Å². The van der Waals surface area contributed by atoms with Crippen molar-refractivity contribution in [3.8, 4) is 12.0 Å². The van der Waals surface area contributed by atoms with E-state index in [1.165, 1.54) is 14.2 Å². The number of methoxy groups -OCH3 is 2. The molecule has 1 atom stereocenters. The van der Waals surface area contributed by atoms with Crippen LogP contribution >= 0.6 is 11.6 Å². The molecule has 112 valence electrons. The van der Waals surface area contributed by atoms with E-state index in [2.05, 4.69) is 15.0 Å². The van der Waals surface area contributed by atoms with Crippen LogP contribution in [0.5, 0.6) is 12.0 Å². The van der Waals surface area contributed by atoms with Crippen LogP contribution in [0.4, 0.5) is 5.95 Å². The number of hydrogen-bond acceptors (Lipinski definition) is 7. The van der Waals surface area contributed by atoms with Crippen molar-refractivity contribution in [2.75, 3.05) is 38.1 Å². The van der Waals surface area contributed by atoms with E-state index in [0.717, 1.165) is 0 Å². The molecule has 7 nitrogen and oxygen atoms in total. The second-order valence-corrected chi connectivity index (χ2v) is 5.45. The Kier molecular flexibility index (Phi) is 4.49. The topological polar surface area (TPSA) is 69.6 Å². The van der Waals surface area contributed by atoms with Crippen molar-refractivity contribution in [2.24, 2.45) is 0 Å². The van der Waals surface area contributed by atoms with Crippen LogP contribution in [0.1, 0.15) is 13.8 Å². The van der Waals surface area contributed by atoms with Gasteiger partial charge in [0.15, 0.2) is 0 Å². The minimum atomic E-state index is -0.328. The maximum Gasteiger partial charge on any atom is 0.324 e. The minimum Gasteiger partial charge on any atom is -0.467 e. The average molecular weight is 303 g/mol. The van der Waals surface area contributed by atoms with Gasteiger partial charge in [-0.2, -0.15) is 9.97 Å². The van der Waals surface area contributed by atoms with Crippen molar-refractivity contribution < 1.29 is 14.2 Å². The summed E-state index contributed by atoms with van der Waals surface area (Å²) in [6.45, 7) is 5.28. The number of rotatable bonds is 4. The Hall–Kier alpha value is -1.34. The fourth-order valence-corrected chi connectivity index (χ4v) is 2.34. The summed E-state index contributed by atoms with van der Waals surface area (Å²) in [7, 11) is 3.01.